The minimum atomic E-state index is -3.70. The van der Waals surface area contributed by atoms with Gasteiger partial charge in [0.25, 0.3) is 0 Å². The quantitative estimate of drug-likeness (QED) is 0.816. The van der Waals surface area contributed by atoms with Gasteiger partial charge in [0.2, 0.25) is 15.9 Å². The summed E-state index contributed by atoms with van der Waals surface area (Å²) in [6.07, 6.45) is 1.48. The maximum Gasteiger partial charge on any atom is 0.239 e. The number of benzene rings is 1. The van der Waals surface area contributed by atoms with Crippen molar-refractivity contribution in [2.24, 2.45) is 10.9 Å². The van der Waals surface area contributed by atoms with Crippen LogP contribution in [0, 0.1) is 0 Å². The van der Waals surface area contributed by atoms with Gasteiger partial charge in [0.15, 0.2) is 0 Å². The molecule has 0 heterocycles. The number of rotatable bonds is 6. The highest BCUT2D eigenvalue weighted by Crippen LogP contribution is 2.21. The number of primary sulfonamides is 1. The van der Waals surface area contributed by atoms with Crippen molar-refractivity contribution in [2.75, 3.05) is 7.05 Å². The third-order valence-electron chi connectivity index (χ3n) is 3.54. The molecule has 4 N–H and O–H groups in total. The van der Waals surface area contributed by atoms with Crippen LogP contribution in [0.25, 0.3) is 0 Å². The molecular weight excluding hydrogens is 290 g/mol. The molecule has 0 aliphatic heterocycles. The van der Waals surface area contributed by atoms with Crippen molar-refractivity contribution < 1.29 is 13.2 Å². The van der Waals surface area contributed by atoms with E-state index in [1.807, 2.05) is 13.8 Å². The Kier molecular flexibility index (Phi) is 5.88. The number of sulfonamides is 1. The lowest BCUT2D eigenvalue weighted by atomic mass is 10.1. The summed E-state index contributed by atoms with van der Waals surface area (Å²) in [5, 5.41) is 5.06. The van der Waals surface area contributed by atoms with E-state index >= 15 is 0 Å². The zero-order valence-electron chi connectivity index (χ0n) is 12.6. The van der Waals surface area contributed by atoms with Crippen LogP contribution in [0.3, 0.4) is 0 Å². The van der Waals surface area contributed by atoms with E-state index in [2.05, 4.69) is 0 Å². The van der Waals surface area contributed by atoms with Crippen molar-refractivity contribution in [1.29, 1.82) is 0 Å². The van der Waals surface area contributed by atoms with Gasteiger partial charge in [0.05, 0.1) is 17.0 Å². The average molecular weight is 313 g/mol. The molecule has 0 fully saturated rings. The molecule has 0 aliphatic carbocycles. The van der Waals surface area contributed by atoms with E-state index in [0.29, 0.717) is 6.42 Å². The number of carbonyl (C=O) groups excluding carboxylic acids is 1. The topological polar surface area (TPSA) is 106 Å². The first-order valence-corrected chi connectivity index (χ1v) is 8.38. The summed E-state index contributed by atoms with van der Waals surface area (Å²) in [5.41, 5.74) is 6.66. The van der Waals surface area contributed by atoms with Crippen molar-refractivity contribution in [3.8, 4) is 0 Å². The van der Waals surface area contributed by atoms with Crippen LogP contribution in [0.15, 0.2) is 29.2 Å². The van der Waals surface area contributed by atoms with Crippen LogP contribution in [-0.2, 0) is 14.8 Å². The first-order valence-electron chi connectivity index (χ1n) is 6.83. The van der Waals surface area contributed by atoms with Crippen LogP contribution in [0.2, 0.25) is 0 Å². The fourth-order valence-corrected chi connectivity index (χ4v) is 2.56. The standard InChI is InChI=1S/C14H23N3O3S/c1-4-5-13(15)14(18)17(3)10(2)11-6-8-12(9-7-11)21(16,19)20/h6-10,13H,4-5,15H2,1-3H3,(H2,16,19,20). The van der Waals surface area contributed by atoms with E-state index in [0.717, 1.165) is 12.0 Å². The van der Waals surface area contributed by atoms with Crippen LogP contribution >= 0.6 is 0 Å². The Morgan fingerprint density at radius 2 is 1.81 bits per heavy atom. The second-order valence-corrected chi connectivity index (χ2v) is 6.70. The van der Waals surface area contributed by atoms with E-state index in [-0.39, 0.29) is 16.8 Å². The van der Waals surface area contributed by atoms with Crippen molar-refractivity contribution >= 4 is 15.9 Å². The monoisotopic (exact) mass is 313 g/mol. The van der Waals surface area contributed by atoms with E-state index < -0.39 is 16.1 Å². The number of nitrogens with zero attached hydrogens (tertiary/aromatic N) is 1. The van der Waals surface area contributed by atoms with Gasteiger partial charge in [-0.2, -0.15) is 0 Å². The van der Waals surface area contributed by atoms with Gasteiger partial charge in [-0.15, -0.1) is 0 Å². The van der Waals surface area contributed by atoms with Gasteiger partial charge < -0.3 is 10.6 Å². The molecule has 0 aromatic heterocycles. The Bertz CT molecular complexity index is 584. The molecule has 6 nitrogen and oxygen atoms in total. The second kappa shape index (κ2) is 7.02. The predicted molar refractivity (Wildman–Crippen MR) is 81.9 cm³/mol. The SMILES string of the molecule is CCCC(N)C(=O)N(C)C(C)c1ccc(S(N)(=O)=O)cc1. The predicted octanol–water partition coefficient (Wildman–Crippen LogP) is 0.981. The van der Waals surface area contributed by atoms with Crippen molar-refractivity contribution in [3.05, 3.63) is 29.8 Å². The molecule has 7 heteroatoms. The number of amides is 1. The van der Waals surface area contributed by atoms with E-state index in [1.165, 1.54) is 12.1 Å². The Morgan fingerprint density at radius 3 is 2.24 bits per heavy atom. The van der Waals surface area contributed by atoms with E-state index in [1.54, 1.807) is 24.1 Å². The number of hydrogen-bond acceptors (Lipinski definition) is 4. The highest BCUT2D eigenvalue weighted by molar-refractivity contribution is 7.89. The highest BCUT2D eigenvalue weighted by atomic mass is 32.2. The van der Waals surface area contributed by atoms with Gasteiger partial charge in [-0.3, -0.25) is 4.79 Å². The molecule has 2 unspecified atom stereocenters. The summed E-state index contributed by atoms with van der Waals surface area (Å²) in [6.45, 7) is 3.84. The largest absolute Gasteiger partial charge is 0.338 e. The number of nitrogens with two attached hydrogens (primary N) is 2. The molecule has 0 bridgehead atoms. The summed E-state index contributed by atoms with van der Waals surface area (Å²) in [7, 11) is -2.01. The van der Waals surface area contributed by atoms with Crippen LogP contribution < -0.4 is 10.9 Å². The van der Waals surface area contributed by atoms with Crippen LogP contribution in [0.1, 0.15) is 38.3 Å². The lowest BCUT2D eigenvalue weighted by Crippen LogP contribution is -2.42. The Hall–Kier alpha value is -1.44. The number of likely N-dealkylation sites (N-methyl/N-ethyl adjacent to an activating group) is 1. The molecule has 1 rings (SSSR count). The van der Waals surface area contributed by atoms with E-state index in [4.69, 9.17) is 10.9 Å². The lowest BCUT2D eigenvalue weighted by Gasteiger charge is -2.28. The second-order valence-electron chi connectivity index (χ2n) is 5.13. The number of carbonyl (C=O) groups is 1. The van der Waals surface area contributed by atoms with Gasteiger partial charge in [-0.25, -0.2) is 13.6 Å². The summed E-state index contributed by atoms with van der Waals surface area (Å²) >= 11 is 0. The molecular formula is C14H23N3O3S. The van der Waals surface area contributed by atoms with Crippen molar-refractivity contribution in [1.82, 2.24) is 4.90 Å². The van der Waals surface area contributed by atoms with Gasteiger partial charge in [-0.1, -0.05) is 25.5 Å². The smallest absolute Gasteiger partial charge is 0.239 e. The molecule has 21 heavy (non-hydrogen) atoms. The fraction of sp³-hybridized carbons (Fsp3) is 0.500. The lowest BCUT2D eigenvalue weighted by molar-refractivity contribution is -0.133. The van der Waals surface area contributed by atoms with Crippen LogP contribution in [-0.4, -0.2) is 32.3 Å². The molecule has 0 saturated heterocycles. The summed E-state index contributed by atoms with van der Waals surface area (Å²) in [4.78, 5) is 13.8. The van der Waals surface area contributed by atoms with E-state index in [9.17, 15) is 13.2 Å². The first-order chi connectivity index (χ1) is 9.68. The highest BCUT2D eigenvalue weighted by Gasteiger charge is 2.22. The van der Waals surface area contributed by atoms with Gasteiger partial charge in [0, 0.05) is 7.05 Å². The summed E-state index contributed by atoms with van der Waals surface area (Å²) in [6, 6.07) is 5.47. The van der Waals surface area contributed by atoms with Crippen LogP contribution in [0.5, 0.6) is 0 Å². The molecule has 2 atom stereocenters. The molecule has 1 amide bonds. The fourth-order valence-electron chi connectivity index (χ4n) is 2.05. The molecule has 1 aromatic carbocycles. The zero-order chi connectivity index (χ0) is 16.2. The van der Waals surface area contributed by atoms with Crippen molar-refractivity contribution in [3.63, 3.8) is 0 Å². The summed E-state index contributed by atoms with van der Waals surface area (Å²) in [5.74, 6) is -0.125. The Labute approximate surface area is 126 Å². The van der Waals surface area contributed by atoms with Gasteiger partial charge in [0.1, 0.15) is 0 Å². The van der Waals surface area contributed by atoms with Gasteiger partial charge in [-0.05, 0) is 31.0 Å². The Balaban J connectivity index is 2.88. The first kappa shape index (κ1) is 17.6. The van der Waals surface area contributed by atoms with Gasteiger partial charge >= 0.3 is 0 Å². The average Bonchev–Trinajstić information content (AvgIpc) is 2.44. The molecule has 1 aromatic rings. The maximum atomic E-state index is 12.2. The third-order valence-corrected chi connectivity index (χ3v) is 4.47. The molecule has 0 radical (unpaired) electrons. The number of hydrogen-bond donors (Lipinski definition) is 2. The summed E-state index contributed by atoms with van der Waals surface area (Å²) < 4.78 is 22.4. The maximum absolute atomic E-state index is 12.2. The molecule has 0 spiro atoms. The molecule has 0 saturated carbocycles. The Morgan fingerprint density at radius 1 is 1.29 bits per heavy atom. The minimum absolute atomic E-state index is 0.0510. The molecule has 0 aliphatic rings. The van der Waals surface area contributed by atoms with Crippen molar-refractivity contribution in [2.45, 2.75) is 43.7 Å². The zero-order valence-corrected chi connectivity index (χ0v) is 13.4. The van der Waals surface area contributed by atoms with Crippen LogP contribution in [0.4, 0.5) is 0 Å². The molecule has 118 valence electrons. The normalized spacial score (nSPS) is 14.5. The third kappa shape index (κ3) is 4.52. The minimum Gasteiger partial charge on any atom is -0.338 e.